The highest BCUT2D eigenvalue weighted by molar-refractivity contribution is 7.99. The molecule has 0 heterocycles. The molecule has 2 nitrogen and oxygen atoms in total. The molecule has 0 aromatic heterocycles. The van der Waals surface area contributed by atoms with Crippen LogP contribution in [0.1, 0.15) is 17.3 Å². The zero-order valence-corrected chi connectivity index (χ0v) is 11.7. The Morgan fingerprint density at radius 2 is 1.63 bits per heavy atom. The van der Waals surface area contributed by atoms with Crippen molar-refractivity contribution in [3.63, 3.8) is 0 Å². The molecule has 0 aliphatic heterocycles. The Morgan fingerprint density at radius 1 is 1.05 bits per heavy atom. The van der Waals surface area contributed by atoms with E-state index in [0.29, 0.717) is 5.56 Å². The van der Waals surface area contributed by atoms with E-state index in [1.165, 1.54) is 4.90 Å². The van der Waals surface area contributed by atoms with Crippen molar-refractivity contribution in [3.8, 4) is 0 Å². The minimum Gasteiger partial charge on any atom is -0.349 e. The molecular weight excluding hydrogens is 254 g/mol. The Morgan fingerprint density at radius 3 is 2.26 bits per heavy atom. The van der Waals surface area contributed by atoms with Gasteiger partial charge in [-0.25, -0.2) is 0 Å². The van der Waals surface area contributed by atoms with Gasteiger partial charge in [-0.1, -0.05) is 36.4 Å². The molecule has 0 aliphatic carbocycles. The van der Waals surface area contributed by atoms with E-state index in [0.717, 1.165) is 5.75 Å². The van der Waals surface area contributed by atoms with E-state index < -0.39 is 0 Å². The largest absolute Gasteiger partial charge is 0.349 e. The van der Waals surface area contributed by atoms with E-state index in [4.69, 9.17) is 0 Å². The number of hydrogen-bond donors (Lipinski definition) is 1. The van der Waals surface area contributed by atoms with E-state index in [2.05, 4.69) is 17.4 Å². The summed E-state index contributed by atoms with van der Waals surface area (Å²) in [5.41, 5.74) is 0.707. The van der Waals surface area contributed by atoms with Gasteiger partial charge in [0, 0.05) is 22.3 Å². The Labute approximate surface area is 118 Å². The first kappa shape index (κ1) is 13.7. The van der Waals surface area contributed by atoms with Gasteiger partial charge in [0.15, 0.2) is 0 Å². The minimum absolute atomic E-state index is 0.0123. The number of benzene rings is 2. The fraction of sp³-hybridized carbons (Fsp3) is 0.188. The van der Waals surface area contributed by atoms with Crippen LogP contribution >= 0.6 is 11.8 Å². The average molecular weight is 271 g/mol. The highest BCUT2D eigenvalue weighted by Gasteiger charge is 2.09. The molecule has 2 aromatic carbocycles. The molecule has 98 valence electrons. The molecule has 19 heavy (non-hydrogen) atoms. The van der Waals surface area contributed by atoms with Crippen molar-refractivity contribution in [2.75, 3.05) is 5.75 Å². The molecule has 1 N–H and O–H groups in total. The number of amides is 1. The summed E-state index contributed by atoms with van der Waals surface area (Å²) < 4.78 is 0. The first-order chi connectivity index (χ1) is 9.25. The van der Waals surface area contributed by atoms with E-state index in [-0.39, 0.29) is 11.9 Å². The van der Waals surface area contributed by atoms with Gasteiger partial charge in [-0.3, -0.25) is 4.79 Å². The van der Waals surface area contributed by atoms with Crippen LogP contribution in [0.2, 0.25) is 0 Å². The molecule has 1 amide bonds. The number of carbonyl (C=O) groups excluding carboxylic acids is 1. The third kappa shape index (κ3) is 4.45. The van der Waals surface area contributed by atoms with Gasteiger partial charge in [0.1, 0.15) is 0 Å². The van der Waals surface area contributed by atoms with Gasteiger partial charge in [0.05, 0.1) is 0 Å². The van der Waals surface area contributed by atoms with Crippen molar-refractivity contribution in [1.82, 2.24) is 5.32 Å². The smallest absolute Gasteiger partial charge is 0.251 e. The van der Waals surface area contributed by atoms with E-state index in [9.17, 15) is 4.79 Å². The second kappa shape index (κ2) is 7.00. The molecule has 0 spiro atoms. The van der Waals surface area contributed by atoms with Crippen LogP contribution in [0.15, 0.2) is 65.6 Å². The second-order valence-corrected chi connectivity index (χ2v) is 5.46. The molecule has 0 radical (unpaired) electrons. The van der Waals surface area contributed by atoms with E-state index in [1.54, 1.807) is 11.8 Å². The van der Waals surface area contributed by atoms with Crippen LogP contribution in [-0.4, -0.2) is 17.7 Å². The third-order valence-corrected chi connectivity index (χ3v) is 3.93. The lowest BCUT2D eigenvalue weighted by atomic mass is 10.2. The van der Waals surface area contributed by atoms with Crippen molar-refractivity contribution in [3.05, 3.63) is 66.2 Å². The summed E-state index contributed by atoms with van der Waals surface area (Å²) in [5, 5.41) is 3.01. The molecule has 0 aliphatic rings. The maximum atomic E-state index is 11.9. The van der Waals surface area contributed by atoms with Gasteiger partial charge in [-0.2, -0.15) is 0 Å². The normalized spacial score (nSPS) is 11.8. The molecule has 0 fully saturated rings. The molecule has 0 bridgehead atoms. The maximum Gasteiger partial charge on any atom is 0.251 e. The quantitative estimate of drug-likeness (QED) is 0.842. The molecule has 0 saturated heterocycles. The van der Waals surface area contributed by atoms with Crippen LogP contribution in [0.4, 0.5) is 0 Å². The average Bonchev–Trinajstić information content (AvgIpc) is 2.47. The molecular formula is C16H17NOS. The summed E-state index contributed by atoms with van der Waals surface area (Å²) >= 11 is 1.75. The van der Waals surface area contributed by atoms with Gasteiger partial charge in [0.2, 0.25) is 0 Å². The fourth-order valence-corrected chi connectivity index (χ4v) is 2.55. The van der Waals surface area contributed by atoms with Crippen LogP contribution in [0.25, 0.3) is 0 Å². The number of hydrogen-bond acceptors (Lipinski definition) is 2. The predicted octanol–water partition coefficient (Wildman–Crippen LogP) is 3.60. The van der Waals surface area contributed by atoms with E-state index >= 15 is 0 Å². The molecule has 3 heteroatoms. The summed E-state index contributed by atoms with van der Waals surface area (Å²) in [6.45, 7) is 2.02. The first-order valence-corrected chi connectivity index (χ1v) is 7.28. The maximum absolute atomic E-state index is 11.9. The van der Waals surface area contributed by atoms with Gasteiger partial charge < -0.3 is 5.32 Å². The van der Waals surface area contributed by atoms with Crippen LogP contribution in [0, 0.1) is 0 Å². The van der Waals surface area contributed by atoms with Crippen LogP contribution in [-0.2, 0) is 0 Å². The van der Waals surface area contributed by atoms with Gasteiger partial charge >= 0.3 is 0 Å². The van der Waals surface area contributed by atoms with Crippen LogP contribution < -0.4 is 5.32 Å². The number of rotatable bonds is 5. The van der Waals surface area contributed by atoms with Gasteiger partial charge in [-0.15, -0.1) is 11.8 Å². The molecule has 2 rings (SSSR count). The lowest BCUT2D eigenvalue weighted by molar-refractivity contribution is 0.0944. The summed E-state index contributed by atoms with van der Waals surface area (Å²) in [5.74, 6) is 0.851. The molecule has 1 unspecified atom stereocenters. The highest BCUT2D eigenvalue weighted by atomic mass is 32.2. The number of nitrogens with one attached hydrogen (secondary N) is 1. The van der Waals surface area contributed by atoms with Crippen LogP contribution in [0.3, 0.4) is 0 Å². The summed E-state index contributed by atoms with van der Waals surface area (Å²) in [7, 11) is 0. The van der Waals surface area contributed by atoms with Crippen LogP contribution in [0.5, 0.6) is 0 Å². The topological polar surface area (TPSA) is 29.1 Å². The second-order valence-electron chi connectivity index (χ2n) is 4.36. The van der Waals surface area contributed by atoms with Crippen molar-refractivity contribution >= 4 is 17.7 Å². The van der Waals surface area contributed by atoms with Crippen molar-refractivity contribution in [1.29, 1.82) is 0 Å². The van der Waals surface area contributed by atoms with Gasteiger partial charge in [-0.05, 0) is 31.2 Å². The molecule has 1 atom stereocenters. The SMILES string of the molecule is CC(CSc1ccccc1)NC(=O)c1ccccc1. The fourth-order valence-electron chi connectivity index (χ4n) is 1.68. The summed E-state index contributed by atoms with van der Waals surface area (Å²) in [6, 6.07) is 19.7. The third-order valence-electron chi connectivity index (χ3n) is 2.66. The zero-order valence-electron chi connectivity index (χ0n) is 10.9. The highest BCUT2D eigenvalue weighted by Crippen LogP contribution is 2.17. The lowest BCUT2D eigenvalue weighted by Gasteiger charge is -2.13. The lowest BCUT2D eigenvalue weighted by Crippen LogP contribution is -2.34. The van der Waals surface area contributed by atoms with Gasteiger partial charge in [0.25, 0.3) is 5.91 Å². The Bertz CT molecular complexity index is 513. The minimum atomic E-state index is -0.0123. The Kier molecular flexibility index (Phi) is 5.04. The Balaban J connectivity index is 1.81. The zero-order chi connectivity index (χ0) is 13.5. The molecule has 0 saturated carbocycles. The molecule has 2 aromatic rings. The standard InChI is InChI=1S/C16H17NOS/c1-13(12-19-15-10-6-3-7-11-15)17-16(18)14-8-4-2-5-9-14/h2-11,13H,12H2,1H3,(H,17,18). The number of carbonyl (C=O) groups is 1. The van der Waals surface area contributed by atoms with Crippen molar-refractivity contribution < 1.29 is 4.79 Å². The first-order valence-electron chi connectivity index (χ1n) is 6.29. The Hall–Kier alpha value is -1.74. The summed E-state index contributed by atoms with van der Waals surface area (Å²) in [4.78, 5) is 13.2. The predicted molar refractivity (Wildman–Crippen MR) is 80.5 cm³/mol. The number of thioether (sulfide) groups is 1. The van der Waals surface area contributed by atoms with Crippen molar-refractivity contribution in [2.45, 2.75) is 17.9 Å². The monoisotopic (exact) mass is 271 g/mol. The van der Waals surface area contributed by atoms with Crippen molar-refractivity contribution in [2.24, 2.45) is 0 Å². The summed E-state index contributed by atoms with van der Waals surface area (Å²) in [6.07, 6.45) is 0. The van der Waals surface area contributed by atoms with E-state index in [1.807, 2.05) is 55.5 Å².